The van der Waals surface area contributed by atoms with Crippen LogP contribution in [0.4, 0.5) is 5.69 Å². The van der Waals surface area contributed by atoms with Crippen molar-refractivity contribution in [1.29, 1.82) is 0 Å². The Hall–Kier alpha value is -2.14. The first kappa shape index (κ1) is 15.3. The molecule has 1 aromatic heterocycles. The lowest BCUT2D eigenvalue weighted by Crippen LogP contribution is -2.27. The number of nitrogens with zero attached hydrogens (tertiary/aromatic N) is 1. The molecule has 2 rings (SSSR count). The van der Waals surface area contributed by atoms with E-state index in [0.717, 1.165) is 16.6 Å². The van der Waals surface area contributed by atoms with E-state index in [2.05, 4.69) is 10.3 Å². The van der Waals surface area contributed by atoms with Gasteiger partial charge in [0.1, 0.15) is 5.82 Å². The van der Waals surface area contributed by atoms with Crippen molar-refractivity contribution in [2.45, 2.75) is 13.3 Å². The largest absolute Gasteiger partial charge is 0.385 e. The van der Waals surface area contributed by atoms with Crippen molar-refractivity contribution in [2.75, 3.05) is 19.4 Å². The molecule has 21 heavy (non-hydrogen) atoms. The number of aromatic amines is 1. The van der Waals surface area contributed by atoms with Crippen LogP contribution in [-0.2, 0) is 4.79 Å². The summed E-state index contributed by atoms with van der Waals surface area (Å²) in [6.07, 6.45) is 2.28. The second-order valence-corrected chi connectivity index (χ2v) is 5.34. The van der Waals surface area contributed by atoms with Crippen LogP contribution in [0.25, 0.3) is 10.9 Å². The summed E-state index contributed by atoms with van der Waals surface area (Å²) in [6.45, 7) is 1.90. The Bertz CT molecular complexity index is 703. The van der Waals surface area contributed by atoms with E-state index < -0.39 is 0 Å². The molecule has 0 unspecified atom stereocenters. The summed E-state index contributed by atoms with van der Waals surface area (Å²) in [4.78, 5) is 16.7. The van der Waals surface area contributed by atoms with Crippen LogP contribution in [0.1, 0.15) is 13.3 Å². The number of anilines is 1. The minimum Gasteiger partial charge on any atom is -0.385 e. The Morgan fingerprint density at radius 1 is 1.43 bits per heavy atom. The van der Waals surface area contributed by atoms with Crippen LogP contribution in [0.2, 0.25) is 5.02 Å². The van der Waals surface area contributed by atoms with Gasteiger partial charge in [0.15, 0.2) is 0 Å². The van der Waals surface area contributed by atoms with Crippen molar-refractivity contribution < 1.29 is 4.79 Å². The Morgan fingerprint density at radius 3 is 2.76 bits per heavy atom. The first-order chi connectivity index (χ1) is 9.95. The maximum atomic E-state index is 12.1. The number of nitrogens with two attached hydrogens (primary N) is 1. The number of fused-ring (bicyclic) bond motifs is 1. The Kier molecular flexibility index (Phi) is 4.43. The summed E-state index contributed by atoms with van der Waals surface area (Å²) in [6, 6.07) is 5.69. The highest BCUT2D eigenvalue weighted by Gasteiger charge is 2.15. The number of benzene rings is 1. The summed E-state index contributed by atoms with van der Waals surface area (Å²) in [5.41, 5.74) is 8.27. The summed E-state index contributed by atoms with van der Waals surface area (Å²) < 4.78 is 0. The molecule has 0 saturated carbocycles. The maximum Gasteiger partial charge on any atom is 0.252 e. The zero-order valence-electron chi connectivity index (χ0n) is 12.3. The van der Waals surface area contributed by atoms with Crippen LogP contribution in [-0.4, -0.2) is 29.9 Å². The minimum absolute atomic E-state index is 0.0980. The maximum absolute atomic E-state index is 12.1. The van der Waals surface area contributed by atoms with E-state index in [0.29, 0.717) is 22.8 Å². The zero-order chi connectivity index (χ0) is 15.6. The molecular formula is C15H19ClN4O. The Morgan fingerprint density at radius 2 is 2.14 bits per heavy atom. The fourth-order valence-electron chi connectivity index (χ4n) is 2.17. The number of hydrogen-bond acceptors (Lipinski definition) is 3. The number of carbonyl (C=O) groups is 1. The van der Waals surface area contributed by atoms with Gasteiger partial charge in [-0.3, -0.25) is 4.79 Å². The third-order valence-electron chi connectivity index (χ3n) is 3.28. The summed E-state index contributed by atoms with van der Waals surface area (Å²) in [5.74, 6) is 0.258. The number of hydrogen-bond donors (Lipinski definition) is 3. The number of H-pyrrole nitrogens is 1. The van der Waals surface area contributed by atoms with Crippen LogP contribution in [0.5, 0.6) is 0 Å². The van der Waals surface area contributed by atoms with E-state index >= 15 is 0 Å². The van der Waals surface area contributed by atoms with Crippen molar-refractivity contribution in [3.63, 3.8) is 0 Å². The van der Waals surface area contributed by atoms with E-state index in [1.54, 1.807) is 20.3 Å². The van der Waals surface area contributed by atoms with E-state index in [-0.39, 0.29) is 5.91 Å². The predicted molar refractivity (Wildman–Crippen MR) is 87.1 cm³/mol. The highest BCUT2D eigenvalue weighted by Crippen LogP contribution is 2.29. The second kappa shape index (κ2) is 6.10. The molecule has 4 N–H and O–H groups in total. The molecule has 5 nitrogen and oxygen atoms in total. The molecule has 0 radical (unpaired) electrons. The molecule has 0 saturated heterocycles. The van der Waals surface area contributed by atoms with Crippen molar-refractivity contribution in [1.82, 2.24) is 9.88 Å². The minimum atomic E-state index is -0.0980. The number of halogens is 1. The van der Waals surface area contributed by atoms with E-state index in [1.165, 1.54) is 4.90 Å². The molecule has 2 aromatic rings. The lowest BCUT2D eigenvalue weighted by Gasteiger charge is -2.16. The zero-order valence-corrected chi connectivity index (χ0v) is 13.1. The molecule has 112 valence electrons. The van der Waals surface area contributed by atoms with Gasteiger partial charge >= 0.3 is 0 Å². The molecule has 1 amide bonds. The van der Waals surface area contributed by atoms with Gasteiger partial charge in [-0.05, 0) is 12.5 Å². The smallest absolute Gasteiger partial charge is 0.252 e. The lowest BCUT2D eigenvalue weighted by molar-refractivity contribution is -0.124. The van der Waals surface area contributed by atoms with Gasteiger partial charge in [-0.1, -0.05) is 30.7 Å². The van der Waals surface area contributed by atoms with Crippen molar-refractivity contribution in [3.05, 3.63) is 40.8 Å². The molecule has 0 atom stereocenters. The number of likely N-dealkylation sites (N-methyl/N-ethyl adjacent to an activating group) is 1. The number of para-hydroxylation sites is 1. The second-order valence-electron chi connectivity index (χ2n) is 4.94. The third kappa shape index (κ3) is 2.97. The lowest BCUT2D eigenvalue weighted by atomic mass is 10.1. The molecule has 6 heteroatoms. The molecule has 0 spiro atoms. The van der Waals surface area contributed by atoms with Crippen molar-refractivity contribution >= 4 is 34.1 Å². The van der Waals surface area contributed by atoms with Gasteiger partial charge in [-0.25, -0.2) is 0 Å². The topological polar surface area (TPSA) is 74.2 Å². The van der Waals surface area contributed by atoms with Crippen molar-refractivity contribution in [3.8, 4) is 0 Å². The number of carbonyl (C=O) groups excluding carboxylic acids is 1. The predicted octanol–water partition coefficient (Wildman–Crippen LogP) is 2.90. The molecule has 0 aliphatic rings. The summed E-state index contributed by atoms with van der Waals surface area (Å²) >= 11 is 6.10. The normalized spacial score (nSPS) is 12.2. The average molecular weight is 307 g/mol. The highest BCUT2D eigenvalue weighted by atomic mass is 35.5. The SMILES string of the molecule is CC/C(C(=O)N(C)C)=C(/N)Nc1cccc2c(Cl)c[nH]c12. The quantitative estimate of drug-likeness (QED) is 0.760. The molecule has 0 bridgehead atoms. The first-order valence-electron chi connectivity index (χ1n) is 6.68. The molecule has 0 aliphatic carbocycles. The van der Waals surface area contributed by atoms with Gasteiger partial charge in [0.2, 0.25) is 0 Å². The number of nitrogens with one attached hydrogen (secondary N) is 2. The van der Waals surface area contributed by atoms with Gasteiger partial charge in [0.05, 0.1) is 21.8 Å². The molecule has 0 fully saturated rings. The van der Waals surface area contributed by atoms with Gasteiger partial charge in [-0.15, -0.1) is 0 Å². The van der Waals surface area contributed by atoms with Gasteiger partial charge in [-0.2, -0.15) is 0 Å². The number of aromatic nitrogens is 1. The van der Waals surface area contributed by atoms with Crippen LogP contribution < -0.4 is 11.1 Å². The monoisotopic (exact) mass is 306 g/mol. The highest BCUT2D eigenvalue weighted by molar-refractivity contribution is 6.35. The standard InChI is InChI=1S/C15H19ClN4O/c1-4-9(15(21)20(2)3)14(17)19-12-7-5-6-10-11(16)8-18-13(10)12/h5-8,18-19H,4,17H2,1-3H3/b14-9+. The van der Waals surface area contributed by atoms with E-state index in [4.69, 9.17) is 17.3 Å². The van der Waals surface area contributed by atoms with E-state index in [1.807, 2.05) is 25.1 Å². The fraction of sp³-hybridized carbons (Fsp3) is 0.267. The van der Waals surface area contributed by atoms with Gasteiger partial charge < -0.3 is 20.9 Å². The van der Waals surface area contributed by atoms with Gasteiger partial charge in [0.25, 0.3) is 5.91 Å². The fourth-order valence-corrected chi connectivity index (χ4v) is 2.38. The number of amides is 1. The molecule has 0 aliphatic heterocycles. The van der Waals surface area contributed by atoms with Crippen LogP contribution in [0, 0.1) is 0 Å². The third-order valence-corrected chi connectivity index (χ3v) is 3.59. The molecule has 1 heterocycles. The van der Waals surface area contributed by atoms with Gasteiger partial charge in [0, 0.05) is 25.7 Å². The summed E-state index contributed by atoms with van der Waals surface area (Å²) in [7, 11) is 3.41. The number of rotatable bonds is 4. The van der Waals surface area contributed by atoms with E-state index in [9.17, 15) is 4.79 Å². The Balaban J connectivity index is 2.41. The van der Waals surface area contributed by atoms with Crippen LogP contribution in [0.15, 0.2) is 35.8 Å². The first-order valence-corrected chi connectivity index (χ1v) is 7.06. The van der Waals surface area contributed by atoms with Crippen molar-refractivity contribution in [2.24, 2.45) is 5.73 Å². The molecular weight excluding hydrogens is 288 g/mol. The van der Waals surface area contributed by atoms with Crippen LogP contribution in [0.3, 0.4) is 0 Å². The Labute approximate surface area is 128 Å². The summed E-state index contributed by atoms with van der Waals surface area (Å²) in [5, 5.41) is 4.66. The van der Waals surface area contributed by atoms with Crippen LogP contribution >= 0.6 is 11.6 Å². The molecule has 1 aromatic carbocycles. The average Bonchev–Trinajstić information content (AvgIpc) is 2.82.